The van der Waals surface area contributed by atoms with Crippen LogP contribution in [0, 0.1) is 11.6 Å². The van der Waals surface area contributed by atoms with Gasteiger partial charge in [0.15, 0.2) is 5.60 Å². The molecule has 0 radical (unpaired) electrons. The summed E-state index contributed by atoms with van der Waals surface area (Å²) in [5, 5.41) is 6.33. The second-order valence-electron chi connectivity index (χ2n) is 4.85. The van der Waals surface area contributed by atoms with E-state index >= 15 is 0 Å². The third kappa shape index (κ3) is 3.07. The van der Waals surface area contributed by atoms with Crippen molar-refractivity contribution in [2.45, 2.75) is 25.9 Å². The second-order valence-corrected chi connectivity index (χ2v) is 4.85. The Morgan fingerprint density at radius 3 is 2.89 bits per heavy atom. The number of amides is 1. The molecule has 1 atom stereocenters. The SMILES string of the molecule is CC1=NO[C@@](C)(CNC(=O)c2cc(F)ccc2F)C1. The van der Waals surface area contributed by atoms with Gasteiger partial charge in [-0.3, -0.25) is 4.79 Å². The molecule has 1 aromatic rings. The second kappa shape index (κ2) is 4.95. The van der Waals surface area contributed by atoms with E-state index in [4.69, 9.17) is 4.84 Å². The van der Waals surface area contributed by atoms with Crippen molar-refractivity contribution in [2.75, 3.05) is 6.54 Å². The van der Waals surface area contributed by atoms with E-state index in [9.17, 15) is 13.6 Å². The van der Waals surface area contributed by atoms with Gasteiger partial charge in [-0.05, 0) is 32.0 Å². The maximum Gasteiger partial charge on any atom is 0.254 e. The van der Waals surface area contributed by atoms with Gasteiger partial charge in [0, 0.05) is 6.42 Å². The lowest BCUT2D eigenvalue weighted by Crippen LogP contribution is -2.41. The Kier molecular flexibility index (Phi) is 3.50. The Hall–Kier alpha value is -1.98. The highest BCUT2D eigenvalue weighted by atomic mass is 19.1. The average molecular weight is 268 g/mol. The Morgan fingerprint density at radius 2 is 2.26 bits per heavy atom. The Balaban J connectivity index is 2.00. The summed E-state index contributed by atoms with van der Waals surface area (Å²) in [5.74, 6) is -2.09. The molecule has 0 aromatic heterocycles. The molecule has 1 heterocycles. The first-order valence-corrected chi connectivity index (χ1v) is 5.84. The fourth-order valence-corrected chi connectivity index (χ4v) is 1.92. The van der Waals surface area contributed by atoms with Crippen molar-refractivity contribution in [3.05, 3.63) is 35.4 Å². The molecular formula is C13H14F2N2O2. The normalized spacial score (nSPS) is 21.8. The fourth-order valence-electron chi connectivity index (χ4n) is 1.92. The molecular weight excluding hydrogens is 254 g/mol. The third-order valence-electron chi connectivity index (χ3n) is 2.85. The summed E-state index contributed by atoms with van der Waals surface area (Å²) in [6.45, 7) is 3.77. The molecule has 1 N–H and O–H groups in total. The van der Waals surface area contributed by atoms with Crippen LogP contribution >= 0.6 is 0 Å². The number of benzene rings is 1. The molecule has 4 nitrogen and oxygen atoms in total. The highest BCUT2D eigenvalue weighted by Gasteiger charge is 2.33. The maximum atomic E-state index is 13.4. The molecule has 1 amide bonds. The van der Waals surface area contributed by atoms with Gasteiger partial charge in [-0.25, -0.2) is 8.78 Å². The molecule has 1 aliphatic rings. The van der Waals surface area contributed by atoms with E-state index in [-0.39, 0.29) is 12.1 Å². The molecule has 19 heavy (non-hydrogen) atoms. The van der Waals surface area contributed by atoms with Crippen LogP contribution in [-0.4, -0.2) is 23.8 Å². The summed E-state index contributed by atoms with van der Waals surface area (Å²) < 4.78 is 26.4. The number of carbonyl (C=O) groups excluding carboxylic acids is 1. The number of hydrogen-bond donors (Lipinski definition) is 1. The van der Waals surface area contributed by atoms with Crippen LogP contribution in [0.1, 0.15) is 30.6 Å². The summed E-state index contributed by atoms with van der Waals surface area (Å²) in [5.41, 5.74) is -0.128. The summed E-state index contributed by atoms with van der Waals surface area (Å²) in [6, 6.07) is 2.75. The Morgan fingerprint density at radius 1 is 1.53 bits per heavy atom. The highest BCUT2D eigenvalue weighted by molar-refractivity contribution is 5.94. The quantitative estimate of drug-likeness (QED) is 0.914. The minimum atomic E-state index is -0.760. The first-order chi connectivity index (χ1) is 8.89. The number of nitrogens with zero attached hydrogens (tertiary/aromatic N) is 1. The molecule has 0 unspecified atom stereocenters. The summed E-state index contributed by atoms with van der Waals surface area (Å²) >= 11 is 0. The lowest BCUT2D eigenvalue weighted by Gasteiger charge is -2.21. The summed E-state index contributed by atoms with van der Waals surface area (Å²) in [4.78, 5) is 17.0. The van der Waals surface area contributed by atoms with Crippen LogP contribution in [0.15, 0.2) is 23.4 Å². The number of carbonyl (C=O) groups is 1. The number of oxime groups is 1. The van der Waals surface area contributed by atoms with Gasteiger partial charge in [0.05, 0.1) is 17.8 Å². The molecule has 6 heteroatoms. The monoisotopic (exact) mass is 268 g/mol. The van der Waals surface area contributed by atoms with Crippen LogP contribution in [0.3, 0.4) is 0 Å². The molecule has 0 saturated heterocycles. The Bertz CT molecular complexity index is 545. The van der Waals surface area contributed by atoms with Crippen LogP contribution in [0.5, 0.6) is 0 Å². The zero-order valence-corrected chi connectivity index (χ0v) is 10.7. The average Bonchev–Trinajstić information content (AvgIpc) is 2.70. The van der Waals surface area contributed by atoms with Crippen molar-refractivity contribution in [1.29, 1.82) is 0 Å². The number of halogens is 2. The minimum absolute atomic E-state index is 0.169. The number of rotatable bonds is 3. The van der Waals surface area contributed by atoms with Crippen molar-refractivity contribution in [3.8, 4) is 0 Å². The lowest BCUT2D eigenvalue weighted by molar-refractivity contribution is -0.00185. The molecule has 0 spiro atoms. The lowest BCUT2D eigenvalue weighted by atomic mass is 10.0. The summed E-state index contributed by atoms with van der Waals surface area (Å²) in [6.07, 6.45) is 0.582. The molecule has 0 saturated carbocycles. The zero-order valence-electron chi connectivity index (χ0n) is 10.7. The number of nitrogens with one attached hydrogen (secondary N) is 1. The minimum Gasteiger partial charge on any atom is -0.387 e. The van der Waals surface area contributed by atoms with E-state index in [2.05, 4.69) is 10.5 Å². The Labute approximate surface area is 109 Å². The van der Waals surface area contributed by atoms with Gasteiger partial charge in [-0.1, -0.05) is 5.16 Å². The van der Waals surface area contributed by atoms with Gasteiger partial charge in [-0.15, -0.1) is 0 Å². The van der Waals surface area contributed by atoms with Crippen LogP contribution < -0.4 is 5.32 Å². The topological polar surface area (TPSA) is 50.7 Å². The van der Waals surface area contributed by atoms with Crippen LogP contribution in [0.2, 0.25) is 0 Å². The fraction of sp³-hybridized carbons (Fsp3) is 0.385. The predicted molar refractivity (Wildman–Crippen MR) is 65.9 cm³/mol. The highest BCUT2D eigenvalue weighted by Crippen LogP contribution is 2.22. The first-order valence-electron chi connectivity index (χ1n) is 5.84. The molecule has 0 aliphatic carbocycles. The first kappa shape index (κ1) is 13.5. The number of hydrogen-bond acceptors (Lipinski definition) is 3. The smallest absolute Gasteiger partial charge is 0.254 e. The van der Waals surface area contributed by atoms with E-state index < -0.39 is 23.1 Å². The molecule has 0 fully saturated rings. The van der Waals surface area contributed by atoms with Crippen molar-refractivity contribution in [1.82, 2.24) is 5.32 Å². The third-order valence-corrected chi connectivity index (χ3v) is 2.85. The van der Waals surface area contributed by atoms with Gasteiger partial charge in [0.2, 0.25) is 0 Å². The van der Waals surface area contributed by atoms with E-state index in [1.54, 1.807) is 6.92 Å². The predicted octanol–water partition coefficient (Wildman–Crippen LogP) is 2.25. The van der Waals surface area contributed by atoms with Gasteiger partial charge in [0.1, 0.15) is 11.6 Å². The molecule has 2 rings (SSSR count). The van der Waals surface area contributed by atoms with Crippen molar-refractivity contribution < 1.29 is 18.4 Å². The van der Waals surface area contributed by atoms with Crippen LogP contribution in [0.4, 0.5) is 8.78 Å². The van der Waals surface area contributed by atoms with Gasteiger partial charge < -0.3 is 10.2 Å². The van der Waals surface area contributed by atoms with Crippen molar-refractivity contribution in [2.24, 2.45) is 5.16 Å². The van der Waals surface area contributed by atoms with Gasteiger partial charge in [0.25, 0.3) is 5.91 Å². The molecule has 102 valence electrons. The van der Waals surface area contributed by atoms with E-state index in [0.29, 0.717) is 6.42 Å². The van der Waals surface area contributed by atoms with E-state index in [1.165, 1.54) is 0 Å². The van der Waals surface area contributed by atoms with Crippen LogP contribution in [0.25, 0.3) is 0 Å². The summed E-state index contributed by atoms with van der Waals surface area (Å²) in [7, 11) is 0. The molecule has 1 aromatic carbocycles. The molecule has 0 bridgehead atoms. The van der Waals surface area contributed by atoms with E-state index in [0.717, 1.165) is 23.9 Å². The zero-order chi connectivity index (χ0) is 14.0. The van der Waals surface area contributed by atoms with Gasteiger partial charge in [-0.2, -0.15) is 0 Å². The maximum absolute atomic E-state index is 13.4. The van der Waals surface area contributed by atoms with Gasteiger partial charge >= 0.3 is 0 Å². The molecule has 1 aliphatic heterocycles. The van der Waals surface area contributed by atoms with Crippen LogP contribution in [-0.2, 0) is 4.84 Å². The van der Waals surface area contributed by atoms with E-state index in [1.807, 2.05) is 6.92 Å². The van der Waals surface area contributed by atoms with Crippen molar-refractivity contribution >= 4 is 11.6 Å². The largest absolute Gasteiger partial charge is 0.387 e. The standard InChI is InChI=1S/C13H14F2N2O2/c1-8-6-13(2,19-17-8)7-16-12(18)10-5-9(14)3-4-11(10)15/h3-5H,6-7H2,1-2H3,(H,16,18)/t13-/m1/s1. The van der Waals surface area contributed by atoms with Crippen molar-refractivity contribution in [3.63, 3.8) is 0 Å².